The van der Waals surface area contributed by atoms with Gasteiger partial charge < -0.3 is 21.3 Å². The fraction of sp³-hybridized carbons (Fsp3) is 0.0800. The van der Waals surface area contributed by atoms with Crippen LogP contribution in [0.3, 0.4) is 0 Å². The Hall–Kier alpha value is -4.30. The summed E-state index contributed by atoms with van der Waals surface area (Å²) < 4.78 is 14.1. The van der Waals surface area contributed by atoms with Gasteiger partial charge in [0.15, 0.2) is 0 Å². The maximum atomic E-state index is 14.1. The molecule has 3 aromatic carbocycles. The zero-order valence-corrected chi connectivity index (χ0v) is 17.6. The number of aromatic carboxylic acids is 1. The molecule has 168 valence electrons. The summed E-state index contributed by atoms with van der Waals surface area (Å²) in [5.41, 5.74) is 8.32. The van der Waals surface area contributed by atoms with Crippen LogP contribution in [0.5, 0.6) is 0 Å². The number of nitrogen functional groups attached to an aromatic ring is 1. The largest absolute Gasteiger partial charge is 0.477 e. The molecule has 1 aromatic heterocycles. The second-order valence-corrected chi connectivity index (χ2v) is 6.94. The Balaban J connectivity index is 0.000000286. The molecule has 0 atom stereocenters. The van der Waals surface area contributed by atoms with E-state index in [1.165, 1.54) is 17.7 Å². The van der Waals surface area contributed by atoms with E-state index < -0.39 is 5.97 Å². The van der Waals surface area contributed by atoms with E-state index in [-0.39, 0.29) is 29.8 Å². The Labute approximate surface area is 190 Å². The number of anilines is 3. The molecule has 0 aliphatic heterocycles. The van der Waals surface area contributed by atoms with Gasteiger partial charge in [-0.15, -0.1) is 0 Å². The molecule has 7 nitrogen and oxygen atoms in total. The molecule has 0 aliphatic carbocycles. The SMILES string of the molecule is Nc1nc(Nc2ccc(F)c(-c3ccccc3)c2)ncc1C(=O)O.OCCc1ccccc1. The highest BCUT2D eigenvalue weighted by atomic mass is 19.1. The number of rotatable bonds is 6. The number of aromatic nitrogens is 2. The summed E-state index contributed by atoms with van der Waals surface area (Å²) in [6.07, 6.45) is 1.88. The Bertz CT molecular complexity index is 1200. The van der Waals surface area contributed by atoms with E-state index in [2.05, 4.69) is 15.3 Å². The average molecular weight is 446 g/mol. The first kappa shape index (κ1) is 23.4. The monoisotopic (exact) mass is 446 g/mol. The van der Waals surface area contributed by atoms with Crippen molar-refractivity contribution >= 4 is 23.4 Å². The maximum absolute atomic E-state index is 14.1. The minimum Gasteiger partial charge on any atom is -0.477 e. The van der Waals surface area contributed by atoms with Gasteiger partial charge in [-0.2, -0.15) is 4.98 Å². The lowest BCUT2D eigenvalue weighted by Crippen LogP contribution is -2.08. The lowest BCUT2D eigenvalue weighted by molar-refractivity contribution is 0.0697. The molecule has 4 rings (SSSR count). The second-order valence-electron chi connectivity index (χ2n) is 6.94. The van der Waals surface area contributed by atoms with Crippen LogP contribution in [0.25, 0.3) is 11.1 Å². The third-order valence-corrected chi connectivity index (χ3v) is 4.60. The molecule has 0 radical (unpaired) electrons. The minimum atomic E-state index is -1.20. The molecular formula is C25H23FN4O3. The molecular weight excluding hydrogens is 423 g/mol. The number of halogens is 1. The van der Waals surface area contributed by atoms with Crippen molar-refractivity contribution in [3.05, 3.63) is 102 Å². The molecule has 0 saturated heterocycles. The van der Waals surface area contributed by atoms with Crippen molar-refractivity contribution in [2.24, 2.45) is 0 Å². The number of hydrogen-bond acceptors (Lipinski definition) is 6. The lowest BCUT2D eigenvalue weighted by Gasteiger charge is -2.09. The van der Waals surface area contributed by atoms with Crippen molar-refractivity contribution in [2.75, 3.05) is 17.7 Å². The van der Waals surface area contributed by atoms with Crippen molar-refractivity contribution in [1.82, 2.24) is 9.97 Å². The molecule has 0 amide bonds. The first-order valence-electron chi connectivity index (χ1n) is 10.1. The topological polar surface area (TPSA) is 121 Å². The molecule has 1 heterocycles. The van der Waals surface area contributed by atoms with Gasteiger partial charge in [-0.3, -0.25) is 0 Å². The Kier molecular flexibility index (Phi) is 8.04. The predicted molar refractivity (Wildman–Crippen MR) is 126 cm³/mol. The molecule has 0 unspecified atom stereocenters. The molecule has 0 aliphatic rings. The van der Waals surface area contributed by atoms with Gasteiger partial charge in [-0.25, -0.2) is 14.2 Å². The molecule has 33 heavy (non-hydrogen) atoms. The third kappa shape index (κ3) is 6.59. The predicted octanol–water partition coefficient (Wildman–Crippen LogP) is 4.53. The Morgan fingerprint density at radius 2 is 1.67 bits per heavy atom. The number of aliphatic hydroxyl groups is 1. The number of carbonyl (C=O) groups is 1. The minimum absolute atomic E-state index is 0.128. The fourth-order valence-electron chi connectivity index (χ4n) is 2.96. The van der Waals surface area contributed by atoms with Crippen molar-refractivity contribution in [3.63, 3.8) is 0 Å². The summed E-state index contributed by atoms with van der Waals surface area (Å²) in [4.78, 5) is 18.7. The Morgan fingerprint density at radius 1 is 1.00 bits per heavy atom. The van der Waals surface area contributed by atoms with Gasteiger partial charge in [0.1, 0.15) is 17.2 Å². The summed E-state index contributed by atoms with van der Waals surface area (Å²) >= 11 is 0. The molecule has 8 heteroatoms. The molecule has 5 N–H and O–H groups in total. The van der Waals surface area contributed by atoms with Gasteiger partial charge in [0, 0.05) is 24.1 Å². The van der Waals surface area contributed by atoms with Gasteiger partial charge >= 0.3 is 5.97 Å². The van der Waals surface area contributed by atoms with E-state index in [1.807, 2.05) is 48.5 Å². The van der Waals surface area contributed by atoms with Crippen molar-refractivity contribution in [2.45, 2.75) is 6.42 Å². The molecule has 0 fully saturated rings. The first-order valence-corrected chi connectivity index (χ1v) is 10.1. The van der Waals surface area contributed by atoms with Crippen LogP contribution >= 0.6 is 0 Å². The van der Waals surface area contributed by atoms with E-state index in [9.17, 15) is 9.18 Å². The molecule has 0 saturated carbocycles. The van der Waals surface area contributed by atoms with Crippen LogP contribution in [0.15, 0.2) is 85.1 Å². The van der Waals surface area contributed by atoms with Crippen LogP contribution in [-0.4, -0.2) is 32.8 Å². The average Bonchev–Trinajstić information content (AvgIpc) is 2.82. The zero-order valence-electron chi connectivity index (χ0n) is 17.6. The highest BCUT2D eigenvalue weighted by Crippen LogP contribution is 2.27. The summed E-state index contributed by atoms with van der Waals surface area (Å²) in [7, 11) is 0. The highest BCUT2D eigenvalue weighted by Gasteiger charge is 2.12. The maximum Gasteiger partial charge on any atom is 0.341 e. The van der Waals surface area contributed by atoms with Gasteiger partial charge in [0.25, 0.3) is 0 Å². The van der Waals surface area contributed by atoms with E-state index in [1.54, 1.807) is 18.2 Å². The number of aliphatic hydroxyl groups excluding tert-OH is 1. The van der Waals surface area contributed by atoms with Gasteiger partial charge in [0.05, 0.1) is 0 Å². The van der Waals surface area contributed by atoms with E-state index in [0.29, 0.717) is 11.3 Å². The van der Waals surface area contributed by atoms with E-state index >= 15 is 0 Å². The van der Waals surface area contributed by atoms with Gasteiger partial charge in [-0.1, -0.05) is 60.7 Å². The molecule has 0 spiro atoms. The van der Waals surface area contributed by atoms with Crippen LogP contribution in [-0.2, 0) is 6.42 Å². The van der Waals surface area contributed by atoms with Crippen LogP contribution in [0.2, 0.25) is 0 Å². The summed E-state index contributed by atoms with van der Waals surface area (Å²) in [6.45, 7) is 0.240. The normalized spacial score (nSPS) is 10.1. The summed E-state index contributed by atoms with van der Waals surface area (Å²) in [5.74, 6) is -1.57. The van der Waals surface area contributed by atoms with Crippen molar-refractivity contribution in [3.8, 4) is 11.1 Å². The van der Waals surface area contributed by atoms with Crippen molar-refractivity contribution in [1.29, 1.82) is 0 Å². The number of benzene rings is 3. The van der Waals surface area contributed by atoms with Crippen LogP contribution in [0, 0.1) is 5.82 Å². The number of carboxylic acid groups (broad SMARTS) is 1. The fourth-order valence-corrected chi connectivity index (χ4v) is 2.96. The number of nitrogens with two attached hydrogens (primary N) is 1. The number of hydrogen-bond donors (Lipinski definition) is 4. The Morgan fingerprint density at radius 3 is 2.27 bits per heavy atom. The molecule has 0 bridgehead atoms. The quantitative estimate of drug-likeness (QED) is 0.343. The van der Waals surface area contributed by atoms with Gasteiger partial charge in [0.2, 0.25) is 5.95 Å². The van der Waals surface area contributed by atoms with E-state index in [0.717, 1.165) is 18.2 Å². The van der Waals surface area contributed by atoms with Gasteiger partial charge in [-0.05, 0) is 35.7 Å². The van der Waals surface area contributed by atoms with Crippen LogP contribution in [0.1, 0.15) is 15.9 Å². The standard InChI is InChI=1S/C17H13FN4O2.C8H10O/c18-14-7-6-11(8-12(14)10-4-2-1-3-5-10)21-17-20-9-13(16(23)24)15(19)22-17;9-7-6-8-4-2-1-3-5-8/h1-9H,(H,23,24)(H3,19,20,21,22);1-5,9H,6-7H2. The van der Waals surface area contributed by atoms with Crippen molar-refractivity contribution < 1.29 is 19.4 Å². The zero-order chi connectivity index (χ0) is 23.6. The second kappa shape index (κ2) is 11.4. The number of nitrogens with zero attached hydrogens (tertiary/aromatic N) is 2. The summed E-state index contributed by atoms with van der Waals surface area (Å²) in [6, 6.07) is 23.5. The van der Waals surface area contributed by atoms with Crippen LogP contribution < -0.4 is 11.1 Å². The third-order valence-electron chi connectivity index (χ3n) is 4.60. The number of carboxylic acids is 1. The molecule has 4 aromatic rings. The highest BCUT2D eigenvalue weighted by molar-refractivity contribution is 5.92. The first-order chi connectivity index (χ1) is 16.0. The lowest BCUT2D eigenvalue weighted by atomic mass is 10.0. The smallest absolute Gasteiger partial charge is 0.341 e. The van der Waals surface area contributed by atoms with E-state index in [4.69, 9.17) is 15.9 Å². The summed E-state index contributed by atoms with van der Waals surface area (Å²) in [5, 5.41) is 20.3. The van der Waals surface area contributed by atoms with Crippen LogP contribution in [0.4, 0.5) is 21.8 Å². The number of nitrogens with one attached hydrogen (secondary N) is 1.